The van der Waals surface area contributed by atoms with E-state index in [0.717, 1.165) is 17.2 Å². The Morgan fingerprint density at radius 1 is 0.909 bits per heavy atom. The standard InChI is InChI=1S/C24H21ClFN3O4/c1-15-11-20(9-10-21(15)25)33-14-16-5-7-17(8-6-16)24(32)29-28-22(30)13-27-23(31)18-3-2-4-19(26)12-18/h2-12H,13-14H2,1H3,(H,27,31)(H,28,30)(H,29,32). The number of carbonyl (C=O) groups is 3. The van der Waals surface area contributed by atoms with Crippen LogP contribution in [0.5, 0.6) is 5.75 Å². The Bertz CT molecular complexity index is 1170. The molecule has 0 aliphatic carbocycles. The lowest BCUT2D eigenvalue weighted by Gasteiger charge is -2.10. The Morgan fingerprint density at radius 3 is 2.36 bits per heavy atom. The zero-order chi connectivity index (χ0) is 23.8. The molecule has 0 aliphatic rings. The maximum atomic E-state index is 13.2. The first-order chi connectivity index (χ1) is 15.8. The van der Waals surface area contributed by atoms with Gasteiger partial charge >= 0.3 is 0 Å². The van der Waals surface area contributed by atoms with Crippen LogP contribution in [0, 0.1) is 12.7 Å². The Kier molecular flexibility index (Phi) is 7.99. The van der Waals surface area contributed by atoms with E-state index in [4.69, 9.17) is 16.3 Å². The van der Waals surface area contributed by atoms with Crippen molar-refractivity contribution < 1.29 is 23.5 Å². The van der Waals surface area contributed by atoms with E-state index in [2.05, 4.69) is 16.2 Å². The summed E-state index contributed by atoms with van der Waals surface area (Å²) in [5.41, 5.74) is 6.65. The normalized spacial score (nSPS) is 10.3. The van der Waals surface area contributed by atoms with E-state index in [1.165, 1.54) is 18.2 Å². The van der Waals surface area contributed by atoms with Gasteiger partial charge in [0, 0.05) is 16.1 Å². The summed E-state index contributed by atoms with van der Waals surface area (Å²) in [6, 6.07) is 17.1. The van der Waals surface area contributed by atoms with Gasteiger partial charge in [-0.3, -0.25) is 25.2 Å². The number of aryl methyl sites for hydroxylation is 1. The van der Waals surface area contributed by atoms with Gasteiger partial charge in [0.2, 0.25) is 0 Å². The highest BCUT2D eigenvalue weighted by molar-refractivity contribution is 6.31. The van der Waals surface area contributed by atoms with Gasteiger partial charge < -0.3 is 10.1 Å². The Labute approximate surface area is 194 Å². The first kappa shape index (κ1) is 23.7. The lowest BCUT2D eigenvalue weighted by molar-refractivity contribution is -0.120. The molecule has 170 valence electrons. The fourth-order valence-corrected chi connectivity index (χ4v) is 2.88. The van der Waals surface area contributed by atoms with Gasteiger partial charge in [-0.2, -0.15) is 0 Å². The van der Waals surface area contributed by atoms with Crippen LogP contribution in [0.2, 0.25) is 5.02 Å². The minimum absolute atomic E-state index is 0.0853. The lowest BCUT2D eigenvalue weighted by atomic mass is 10.1. The third kappa shape index (κ3) is 7.05. The molecule has 0 fully saturated rings. The topological polar surface area (TPSA) is 96.5 Å². The average molecular weight is 470 g/mol. The first-order valence-electron chi connectivity index (χ1n) is 9.92. The number of halogens is 2. The summed E-state index contributed by atoms with van der Waals surface area (Å²) in [6.07, 6.45) is 0. The summed E-state index contributed by atoms with van der Waals surface area (Å²) in [4.78, 5) is 36.0. The number of rotatable bonds is 7. The van der Waals surface area contributed by atoms with Gasteiger partial charge in [0.05, 0.1) is 6.54 Å². The predicted octanol–water partition coefficient (Wildman–Crippen LogP) is 3.56. The summed E-state index contributed by atoms with van der Waals surface area (Å²) in [6.45, 7) is 1.81. The van der Waals surface area contributed by atoms with E-state index in [1.807, 2.05) is 13.0 Å². The second kappa shape index (κ2) is 11.1. The number of hydrazine groups is 1. The highest BCUT2D eigenvalue weighted by atomic mass is 35.5. The highest BCUT2D eigenvalue weighted by Gasteiger charge is 2.11. The Hall–Kier alpha value is -3.91. The number of ether oxygens (including phenoxy) is 1. The molecule has 0 unspecified atom stereocenters. The third-order valence-electron chi connectivity index (χ3n) is 4.56. The van der Waals surface area contributed by atoms with E-state index in [1.54, 1.807) is 36.4 Å². The molecule has 3 aromatic rings. The summed E-state index contributed by atoms with van der Waals surface area (Å²) in [5.74, 6) is -1.65. The molecule has 0 bridgehead atoms. The monoisotopic (exact) mass is 469 g/mol. The number of hydrogen-bond donors (Lipinski definition) is 3. The van der Waals surface area contributed by atoms with E-state index in [0.29, 0.717) is 22.9 Å². The number of hydrogen-bond acceptors (Lipinski definition) is 4. The van der Waals surface area contributed by atoms with Crippen LogP contribution in [0.4, 0.5) is 4.39 Å². The molecule has 3 N–H and O–H groups in total. The van der Waals surface area contributed by atoms with E-state index in [-0.39, 0.29) is 5.56 Å². The van der Waals surface area contributed by atoms with Crippen molar-refractivity contribution in [2.24, 2.45) is 0 Å². The van der Waals surface area contributed by atoms with Crippen molar-refractivity contribution in [3.8, 4) is 5.75 Å². The fourth-order valence-electron chi connectivity index (χ4n) is 2.76. The van der Waals surface area contributed by atoms with Crippen molar-refractivity contribution in [1.82, 2.24) is 16.2 Å². The number of benzene rings is 3. The fraction of sp³-hybridized carbons (Fsp3) is 0.125. The average Bonchev–Trinajstić information content (AvgIpc) is 2.82. The Balaban J connectivity index is 1.42. The molecule has 0 atom stereocenters. The van der Waals surface area contributed by atoms with Crippen LogP contribution < -0.4 is 20.9 Å². The van der Waals surface area contributed by atoms with Crippen LogP contribution in [-0.4, -0.2) is 24.3 Å². The number of nitrogens with one attached hydrogen (secondary N) is 3. The van der Waals surface area contributed by atoms with Crippen LogP contribution in [0.15, 0.2) is 66.7 Å². The maximum Gasteiger partial charge on any atom is 0.269 e. The largest absolute Gasteiger partial charge is 0.489 e. The summed E-state index contributed by atoms with van der Waals surface area (Å²) in [7, 11) is 0. The van der Waals surface area contributed by atoms with Crippen LogP contribution >= 0.6 is 11.6 Å². The summed E-state index contributed by atoms with van der Waals surface area (Å²) >= 11 is 6.00. The van der Waals surface area contributed by atoms with E-state index in [9.17, 15) is 18.8 Å². The minimum atomic E-state index is -0.642. The number of carbonyl (C=O) groups excluding carboxylic acids is 3. The highest BCUT2D eigenvalue weighted by Crippen LogP contribution is 2.21. The van der Waals surface area contributed by atoms with Crippen LogP contribution in [0.25, 0.3) is 0 Å². The van der Waals surface area contributed by atoms with E-state index < -0.39 is 30.1 Å². The molecular weight excluding hydrogens is 449 g/mol. The molecule has 0 radical (unpaired) electrons. The molecule has 7 nitrogen and oxygen atoms in total. The molecule has 3 rings (SSSR count). The van der Waals surface area contributed by atoms with Gasteiger partial charge in [-0.1, -0.05) is 29.8 Å². The molecule has 3 amide bonds. The lowest BCUT2D eigenvalue weighted by Crippen LogP contribution is -2.46. The first-order valence-corrected chi connectivity index (χ1v) is 10.3. The summed E-state index contributed by atoms with van der Waals surface area (Å²) < 4.78 is 18.9. The molecule has 3 aromatic carbocycles. The Morgan fingerprint density at radius 2 is 1.67 bits per heavy atom. The zero-order valence-corrected chi connectivity index (χ0v) is 18.4. The SMILES string of the molecule is Cc1cc(OCc2ccc(C(=O)NNC(=O)CNC(=O)c3cccc(F)c3)cc2)ccc1Cl. The molecule has 33 heavy (non-hydrogen) atoms. The van der Waals surface area contributed by atoms with Gasteiger partial charge in [-0.05, 0) is 66.6 Å². The zero-order valence-electron chi connectivity index (χ0n) is 17.7. The van der Waals surface area contributed by atoms with Gasteiger partial charge in [0.1, 0.15) is 18.2 Å². The molecule has 0 aromatic heterocycles. The quantitative estimate of drug-likeness (QED) is 0.461. The smallest absolute Gasteiger partial charge is 0.269 e. The van der Waals surface area contributed by atoms with Crippen LogP contribution in [0.3, 0.4) is 0 Å². The van der Waals surface area contributed by atoms with Gasteiger partial charge in [-0.25, -0.2) is 4.39 Å². The summed E-state index contributed by atoms with van der Waals surface area (Å²) in [5, 5.41) is 3.01. The molecule has 0 heterocycles. The van der Waals surface area contributed by atoms with Crippen molar-refractivity contribution in [3.63, 3.8) is 0 Å². The van der Waals surface area contributed by atoms with Crippen molar-refractivity contribution >= 4 is 29.3 Å². The van der Waals surface area contributed by atoms with Crippen molar-refractivity contribution in [3.05, 3.63) is 99.8 Å². The molecule has 0 saturated heterocycles. The van der Waals surface area contributed by atoms with Gasteiger partial charge in [0.25, 0.3) is 17.7 Å². The number of amides is 3. The van der Waals surface area contributed by atoms with Crippen LogP contribution in [0.1, 0.15) is 31.8 Å². The second-order valence-electron chi connectivity index (χ2n) is 7.09. The van der Waals surface area contributed by atoms with Gasteiger partial charge in [-0.15, -0.1) is 0 Å². The minimum Gasteiger partial charge on any atom is -0.489 e. The molecule has 0 spiro atoms. The van der Waals surface area contributed by atoms with Gasteiger partial charge in [0.15, 0.2) is 0 Å². The van der Waals surface area contributed by atoms with Crippen molar-refractivity contribution in [2.45, 2.75) is 13.5 Å². The maximum absolute atomic E-state index is 13.2. The van der Waals surface area contributed by atoms with Crippen molar-refractivity contribution in [2.75, 3.05) is 6.54 Å². The second-order valence-corrected chi connectivity index (χ2v) is 7.50. The molecular formula is C24H21ClFN3O4. The van der Waals surface area contributed by atoms with Crippen LogP contribution in [-0.2, 0) is 11.4 Å². The molecule has 9 heteroatoms. The van der Waals surface area contributed by atoms with E-state index >= 15 is 0 Å². The predicted molar refractivity (Wildman–Crippen MR) is 121 cm³/mol. The third-order valence-corrected chi connectivity index (χ3v) is 4.99. The van der Waals surface area contributed by atoms with Crippen molar-refractivity contribution in [1.29, 1.82) is 0 Å². The molecule has 0 aliphatic heterocycles. The molecule has 0 saturated carbocycles.